The zero-order valence-electron chi connectivity index (χ0n) is 15.3. The van der Waals surface area contributed by atoms with Gasteiger partial charge in [-0.15, -0.1) is 0 Å². The van der Waals surface area contributed by atoms with Crippen molar-refractivity contribution in [2.75, 3.05) is 18.6 Å². The number of nitrogens with one attached hydrogen (secondary N) is 1. The summed E-state index contributed by atoms with van der Waals surface area (Å²) in [5.74, 6) is -0.572. The van der Waals surface area contributed by atoms with Gasteiger partial charge in [0.15, 0.2) is 6.61 Å². The van der Waals surface area contributed by atoms with Crippen LogP contribution < -0.4 is 15.1 Å². The number of amides is 1. The molecule has 0 spiro atoms. The summed E-state index contributed by atoms with van der Waals surface area (Å²) < 4.78 is 5.18. The first kappa shape index (κ1) is 19.2. The first-order chi connectivity index (χ1) is 13.5. The predicted octanol–water partition coefficient (Wildman–Crippen LogP) is 2.83. The number of aliphatic carboxylic acids is 1. The molecule has 0 saturated carbocycles. The van der Waals surface area contributed by atoms with Crippen LogP contribution in [0.3, 0.4) is 0 Å². The van der Waals surface area contributed by atoms with Crippen LogP contribution in [0.15, 0.2) is 78.5 Å². The fourth-order valence-corrected chi connectivity index (χ4v) is 2.97. The lowest BCUT2D eigenvalue weighted by Crippen LogP contribution is -2.49. The van der Waals surface area contributed by atoms with E-state index in [0.29, 0.717) is 17.0 Å². The molecule has 1 aliphatic heterocycles. The maximum atomic E-state index is 12.8. The Balaban J connectivity index is 1.86. The summed E-state index contributed by atoms with van der Waals surface area (Å²) >= 11 is 0. The number of carboxylic acid groups (broad SMARTS) is 1. The normalized spacial score (nSPS) is 17.2. The van der Waals surface area contributed by atoms with Crippen LogP contribution in [0.4, 0.5) is 5.69 Å². The maximum absolute atomic E-state index is 12.8. The monoisotopic (exact) mass is 380 g/mol. The second kappa shape index (κ2) is 8.41. The number of allylic oxidation sites excluding steroid dienone is 1. The van der Waals surface area contributed by atoms with Crippen molar-refractivity contribution in [2.45, 2.75) is 6.04 Å². The van der Waals surface area contributed by atoms with Crippen LogP contribution in [0.25, 0.3) is 0 Å². The fraction of sp³-hybridized carbons (Fsp3) is 0.143. The van der Waals surface area contributed by atoms with E-state index in [-0.39, 0.29) is 11.9 Å². The molecule has 2 aromatic carbocycles. The molecule has 1 fully saturated rings. The van der Waals surface area contributed by atoms with E-state index < -0.39 is 12.6 Å². The van der Waals surface area contributed by atoms with E-state index in [1.807, 2.05) is 42.5 Å². The lowest BCUT2D eigenvalue weighted by Gasteiger charge is -2.43. The van der Waals surface area contributed by atoms with Crippen LogP contribution in [0.2, 0.25) is 0 Å². The van der Waals surface area contributed by atoms with Crippen molar-refractivity contribution < 1.29 is 24.3 Å². The summed E-state index contributed by atoms with van der Waals surface area (Å²) in [4.78, 5) is 29.9. The molecule has 0 aliphatic carbocycles. The van der Waals surface area contributed by atoms with Crippen molar-refractivity contribution in [3.05, 3.63) is 84.1 Å². The molecule has 1 atom stereocenters. The number of nitrogens with zero attached hydrogens (tertiary/aromatic N) is 1. The number of methoxy groups -OCH3 is 1. The number of carbonyl (C=O) groups is 2. The van der Waals surface area contributed by atoms with Gasteiger partial charge in [-0.1, -0.05) is 36.9 Å². The van der Waals surface area contributed by atoms with Gasteiger partial charge >= 0.3 is 5.97 Å². The average molecular weight is 380 g/mol. The van der Waals surface area contributed by atoms with Crippen molar-refractivity contribution >= 4 is 17.6 Å². The van der Waals surface area contributed by atoms with Gasteiger partial charge in [0.1, 0.15) is 5.75 Å². The fourth-order valence-electron chi connectivity index (χ4n) is 2.97. The molecular weight excluding hydrogens is 360 g/mol. The van der Waals surface area contributed by atoms with Gasteiger partial charge in [-0.2, -0.15) is 0 Å². The third-order valence-electron chi connectivity index (χ3n) is 4.21. The molecule has 1 saturated heterocycles. The molecule has 2 aromatic rings. The zero-order valence-corrected chi connectivity index (χ0v) is 15.3. The minimum absolute atomic E-state index is 0.166. The molecule has 0 radical (unpaired) electrons. The minimum atomic E-state index is -1.11. The second-order valence-electron chi connectivity index (χ2n) is 6.10. The minimum Gasteiger partial charge on any atom is -0.497 e. The number of β-lactam (4-membered cyclic amide) rings is 1. The topological polar surface area (TPSA) is 88.1 Å². The molecule has 144 valence electrons. The molecular formula is C21H20N2O5. The van der Waals surface area contributed by atoms with Crippen molar-refractivity contribution in [3.8, 4) is 5.75 Å². The number of carbonyl (C=O) groups excluding carboxylic acids is 1. The van der Waals surface area contributed by atoms with Crippen molar-refractivity contribution in [1.29, 1.82) is 0 Å². The summed E-state index contributed by atoms with van der Waals surface area (Å²) in [6.45, 7) is 3.25. The summed E-state index contributed by atoms with van der Waals surface area (Å²) in [5.41, 5.74) is 4.95. The quantitative estimate of drug-likeness (QED) is 0.416. The molecule has 1 heterocycles. The van der Waals surface area contributed by atoms with Crippen molar-refractivity contribution in [1.82, 2.24) is 5.48 Å². The first-order valence-electron chi connectivity index (χ1n) is 8.54. The van der Waals surface area contributed by atoms with Gasteiger partial charge in [0.05, 0.1) is 18.8 Å². The highest BCUT2D eigenvalue weighted by Crippen LogP contribution is 2.43. The molecule has 0 aromatic heterocycles. The van der Waals surface area contributed by atoms with E-state index in [4.69, 9.17) is 14.7 Å². The van der Waals surface area contributed by atoms with Gasteiger partial charge in [-0.25, -0.2) is 4.79 Å². The molecule has 1 unspecified atom stereocenters. The van der Waals surface area contributed by atoms with Gasteiger partial charge in [-0.3, -0.25) is 20.0 Å². The Kier molecular flexibility index (Phi) is 5.76. The lowest BCUT2D eigenvalue weighted by atomic mass is 9.86. The molecule has 0 bridgehead atoms. The number of anilines is 1. The lowest BCUT2D eigenvalue weighted by molar-refractivity contribution is -0.144. The van der Waals surface area contributed by atoms with E-state index in [0.717, 1.165) is 11.3 Å². The van der Waals surface area contributed by atoms with Crippen molar-refractivity contribution in [3.63, 3.8) is 0 Å². The highest BCUT2D eigenvalue weighted by Gasteiger charge is 2.43. The van der Waals surface area contributed by atoms with E-state index in [2.05, 4.69) is 12.1 Å². The second-order valence-corrected chi connectivity index (χ2v) is 6.10. The van der Waals surface area contributed by atoms with Gasteiger partial charge < -0.3 is 9.84 Å². The molecule has 1 aliphatic rings. The number of hydrogen-bond acceptors (Lipinski definition) is 5. The molecule has 7 nitrogen and oxygen atoms in total. The highest BCUT2D eigenvalue weighted by atomic mass is 16.7. The molecule has 1 amide bonds. The van der Waals surface area contributed by atoms with E-state index in [1.165, 1.54) is 0 Å². The predicted molar refractivity (Wildman–Crippen MR) is 104 cm³/mol. The Labute approximate surface area is 162 Å². The Bertz CT molecular complexity index is 906. The molecule has 28 heavy (non-hydrogen) atoms. The number of ether oxygens (including phenoxy) is 1. The smallest absolute Gasteiger partial charge is 0.332 e. The van der Waals surface area contributed by atoms with E-state index in [1.54, 1.807) is 30.2 Å². The van der Waals surface area contributed by atoms with E-state index in [9.17, 15) is 9.59 Å². The number of hydrogen-bond donors (Lipinski definition) is 2. The number of rotatable bonds is 8. The Morgan fingerprint density at radius 2 is 1.89 bits per heavy atom. The number of hydroxylamine groups is 1. The zero-order chi connectivity index (χ0) is 20.1. The van der Waals surface area contributed by atoms with Crippen molar-refractivity contribution in [2.24, 2.45) is 0 Å². The Morgan fingerprint density at radius 1 is 1.21 bits per heavy atom. The van der Waals surface area contributed by atoms with Gasteiger partial charge in [0.25, 0.3) is 5.91 Å². The van der Waals surface area contributed by atoms with Gasteiger partial charge in [0.2, 0.25) is 0 Å². The molecule has 3 rings (SSSR count). The first-order valence-corrected chi connectivity index (χ1v) is 8.54. The van der Waals surface area contributed by atoms with Crippen LogP contribution in [0, 0.1) is 0 Å². The maximum Gasteiger partial charge on any atom is 0.332 e. The van der Waals surface area contributed by atoms with Crippen LogP contribution in [0.1, 0.15) is 11.6 Å². The van der Waals surface area contributed by atoms with Crippen LogP contribution in [-0.4, -0.2) is 30.7 Å². The van der Waals surface area contributed by atoms with Gasteiger partial charge in [-0.05, 0) is 35.9 Å². The summed E-state index contributed by atoms with van der Waals surface area (Å²) in [7, 11) is 1.59. The standard InChI is InChI=1S/C21H20N2O5/c1-14(22-28-13-19(24)25)12-18-20(15-6-4-3-5-7-15)23(21(18)26)16-8-10-17(27-2)11-9-16/h3-12,20,22H,1,13H2,2H3,(H,24,25). The highest BCUT2D eigenvalue weighted by molar-refractivity contribution is 6.15. The summed E-state index contributed by atoms with van der Waals surface area (Å²) in [5, 5.41) is 8.62. The average Bonchev–Trinajstić information content (AvgIpc) is 2.70. The number of carboxylic acids is 1. The molecule has 2 N–H and O–H groups in total. The SMILES string of the molecule is C=C(C=C1C(=O)N(c2ccc(OC)cc2)C1c1ccccc1)NOCC(=O)O. The van der Waals surface area contributed by atoms with Crippen LogP contribution in [-0.2, 0) is 14.4 Å². The van der Waals surface area contributed by atoms with Crippen LogP contribution >= 0.6 is 0 Å². The third kappa shape index (κ3) is 4.05. The van der Waals surface area contributed by atoms with E-state index >= 15 is 0 Å². The van der Waals surface area contributed by atoms with Gasteiger partial charge in [0, 0.05) is 11.3 Å². The summed E-state index contributed by atoms with van der Waals surface area (Å²) in [6.07, 6.45) is 1.57. The Hall–Kier alpha value is -3.58. The summed E-state index contributed by atoms with van der Waals surface area (Å²) in [6, 6.07) is 16.6. The van der Waals surface area contributed by atoms with Crippen LogP contribution in [0.5, 0.6) is 5.75 Å². The third-order valence-corrected chi connectivity index (χ3v) is 4.21. The molecule has 7 heteroatoms. The Morgan fingerprint density at radius 3 is 2.50 bits per heavy atom. The largest absolute Gasteiger partial charge is 0.497 e. The number of benzene rings is 2.